The van der Waals surface area contributed by atoms with Gasteiger partial charge in [0.2, 0.25) is 0 Å². The number of nitrogens with zero attached hydrogens (tertiary/aromatic N) is 4. The summed E-state index contributed by atoms with van der Waals surface area (Å²) < 4.78 is 5.00. The molecule has 0 spiro atoms. The van der Waals surface area contributed by atoms with E-state index in [4.69, 9.17) is 9.97 Å². The molecule has 71 heavy (non-hydrogen) atoms. The number of para-hydroxylation sites is 3. The van der Waals surface area contributed by atoms with E-state index in [1.54, 1.807) is 0 Å². The zero-order valence-electron chi connectivity index (χ0n) is 39.6. The van der Waals surface area contributed by atoms with Crippen LogP contribution in [0.15, 0.2) is 231 Å². The van der Waals surface area contributed by atoms with Gasteiger partial charge in [0.1, 0.15) is 0 Å². The molecule has 3 heterocycles. The molecule has 0 amide bonds. The third-order valence-electron chi connectivity index (χ3n) is 15.2. The standard InChI is InChI=1S/C67H48N4/c1-67(2)58-30-14-12-24-52(58)56-40-57-53-25-13-15-31-62(53)70(63(57)41-59(56)67)49-38-36-44(37-39-49)51-27-17-29-55-54-28-16-26-50(64(54)71(65(51)55)48-22-10-5-11-23-48)43-32-34-47(35-33-43)66-68-60(45-18-6-3-7-19-45)42-61(69-66)46-20-8-4-9-21-46/h3-15,17-27,29-42H,16,28H2,1-2H3. The van der Waals surface area contributed by atoms with E-state index >= 15 is 0 Å². The maximum absolute atomic E-state index is 5.14. The lowest BCUT2D eigenvalue weighted by molar-refractivity contribution is 0.661. The molecule has 4 nitrogen and oxygen atoms in total. The molecule has 0 saturated heterocycles. The van der Waals surface area contributed by atoms with Gasteiger partial charge in [0, 0.05) is 60.8 Å². The highest BCUT2D eigenvalue weighted by Crippen LogP contribution is 2.51. The first-order valence-corrected chi connectivity index (χ1v) is 24.8. The van der Waals surface area contributed by atoms with Crippen LogP contribution in [0.25, 0.3) is 106 Å². The molecule has 14 rings (SSSR count). The Kier molecular flexibility index (Phi) is 9.34. The minimum atomic E-state index is -0.0905. The normalized spacial score (nSPS) is 13.6. The molecule has 3 aromatic heterocycles. The van der Waals surface area contributed by atoms with Crippen molar-refractivity contribution in [3.8, 4) is 67.5 Å². The summed E-state index contributed by atoms with van der Waals surface area (Å²) in [5, 5.41) is 3.86. The van der Waals surface area contributed by atoms with Gasteiger partial charge in [0.15, 0.2) is 5.82 Å². The second-order valence-corrected chi connectivity index (χ2v) is 19.6. The minimum Gasteiger partial charge on any atom is -0.309 e. The van der Waals surface area contributed by atoms with Crippen molar-refractivity contribution in [1.29, 1.82) is 0 Å². The zero-order valence-corrected chi connectivity index (χ0v) is 39.6. The third kappa shape index (κ3) is 6.52. The van der Waals surface area contributed by atoms with Crippen LogP contribution in [0.4, 0.5) is 0 Å². The van der Waals surface area contributed by atoms with Gasteiger partial charge in [-0.2, -0.15) is 0 Å². The summed E-state index contributed by atoms with van der Waals surface area (Å²) in [5.41, 5.74) is 23.8. The van der Waals surface area contributed by atoms with Crippen molar-refractivity contribution in [3.63, 3.8) is 0 Å². The predicted octanol–water partition coefficient (Wildman–Crippen LogP) is 16.9. The lowest BCUT2D eigenvalue weighted by Gasteiger charge is -2.21. The lowest BCUT2D eigenvalue weighted by atomic mass is 9.82. The number of aromatic nitrogens is 4. The largest absolute Gasteiger partial charge is 0.309 e. The molecule has 0 atom stereocenters. The van der Waals surface area contributed by atoms with E-state index in [9.17, 15) is 0 Å². The van der Waals surface area contributed by atoms with Gasteiger partial charge < -0.3 is 9.13 Å². The Hall–Kier alpha value is -8.86. The Morgan fingerprint density at radius 2 is 1.00 bits per heavy atom. The quantitative estimate of drug-likeness (QED) is 0.160. The van der Waals surface area contributed by atoms with Gasteiger partial charge in [-0.1, -0.05) is 196 Å². The summed E-state index contributed by atoms with van der Waals surface area (Å²) in [6.07, 6.45) is 4.37. The number of hydrogen-bond acceptors (Lipinski definition) is 2. The zero-order chi connectivity index (χ0) is 47.2. The second kappa shape index (κ2) is 16.1. The Morgan fingerprint density at radius 3 is 1.73 bits per heavy atom. The first-order valence-electron chi connectivity index (χ1n) is 24.8. The van der Waals surface area contributed by atoms with Crippen LogP contribution < -0.4 is 0 Å². The predicted molar refractivity (Wildman–Crippen MR) is 294 cm³/mol. The molecule has 2 aliphatic carbocycles. The van der Waals surface area contributed by atoms with Crippen LogP contribution in [0.5, 0.6) is 0 Å². The van der Waals surface area contributed by atoms with Gasteiger partial charge >= 0.3 is 0 Å². The van der Waals surface area contributed by atoms with Crippen LogP contribution in [0.3, 0.4) is 0 Å². The van der Waals surface area contributed by atoms with E-state index in [0.29, 0.717) is 5.82 Å². The molecule has 0 fully saturated rings. The van der Waals surface area contributed by atoms with Crippen LogP contribution in [0.2, 0.25) is 0 Å². The van der Waals surface area contributed by atoms with Gasteiger partial charge in [-0.15, -0.1) is 0 Å². The molecule has 0 bridgehead atoms. The second-order valence-electron chi connectivity index (χ2n) is 19.6. The number of allylic oxidation sites excluding steroid dienone is 1. The van der Waals surface area contributed by atoms with Gasteiger partial charge in [-0.3, -0.25) is 0 Å². The third-order valence-corrected chi connectivity index (χ3v) is 15.2. The summed E-state index contributed by atoms with van der Waals surface area (Å²) in [6, 6.07) is 81.6. The van der Waals surface area contributed by atoms with E-state index < -0.39 is 0 Å². The topological polar surface area (TPSA) is 35.6 Å². The Balaban J connectivity index is 0.878. The number of fused-ring (bicyclic) bond motifs is 9. The van der Waals surface area contributed by atoms with Gasteiger partial charge in [-0.05, 0) is 100 Å². The molecule has 0 N–H and O–H groups in total. The molecule has 2 aliphatic rings. The van der Waals surface area contributed by atoms with E-state index in [-0.39, 0.29) is 5.41 Å². The fourth-order valence-electron chi connectivity index (χ4n) is 11.8. The molecular formula is C67H48N4. The van der Waals surface area contributed by atoms with Crippen LogP contribution in [0.1, 0.15) is 48.2 Å². The van der Waals surface area contributed by atoms with Crippen LogP contribution in [-0.4, -0.2) is 19.1 Å². The fraction of sp³-hybridized carbons (Fsp3) is 0.0746. The van der Waals surface area contributed by atoms with E-state index in [0.717, 1.165) is 52.3 Å². The van der Waals surface area contributed by atoms with Crippen molar-refractivity contribution < 1.29 is 0 Å². The SMILES string of the molecule is CC1(C)c2ccccc2-c2cc3c4ccccc4n(-c4ccc(-c5cccc6c7c(n(-c8ccccc8)c56)C(c5ccc(-c6nc(-c8ccccc8)cc(-c8ccccc8)n6)cc5)=CCC7)cc4)c3cc21. The lowest BCUT2D eigenvalue weighted by Crippen LogP contribution is -2.14. The van der Waals surface area contributed by atoms with Crippen molar-refractivity contribution in [2.75, 3.05) is 0 Å². The van der Waals surface area contributed by atoms with Gasteiger partial charge in [0.25, 0.3) is 0 Å². The summed E-state index contributed by atoms with van der Waals surface area (Å²) >= 11 is 0. The van der Waals surface area contributed by atoms with Gasteiger partial charge in [-0.25, -0.2) is 9.97 Å². The van der Waals surface area contributed by atoms with E-state index in [1.807, 2.05) is 12.1 Å². The average molecular weight is 909 g/mol. The van der Waals surface area contributed by atoms with Crippen LogP contribution >= 0.6 is 0 Å². The summed E-state index contributed by atoms with van der Waals surface area (Å²) in [4.78, 5) is 10.3. The average Bonchev–Trinajstić information content (AvgIpc) is 4.04. The van der Waals surface area contributed by atoms with Crippen LogP contribution in [0, 0.1) is 0 Å². The molecule has 4 heteroatoms. The van der Waals surface area contributed by atoms with Crippen molar-refractivity contribution in [3.05, 3.63) is 258 Å². The number of aryl methyl sites for hydroxylation is 1. The van der Waals surface area contributed by atoms with Crippen LogP contribution in [-0.2, 0) is 11.8 Å². The number of rotatable bonds is 7. The Labute approximate surface area is 413 Å². The molecule has 12 aromatic rings. The summed E-state index contributed by atoms with van der Waals surface area (Å²) in [7, 11) is 0. The van der Waals surface area contributed by atoms with Crippen molar-refractivity contribution in [1.82, 2.24) is 19.1 Å². The first kappa shape index (κ1) is 41.1. The Morgan fingerprint density at radius 1 is 0.408 bits per heavy atom. The molecule has 0 aliphatic heterocycles. The minimum absolute atomic E-state index is 0.0905. The number of hydrogen-bond donors (Lipinski definition) is 0. The Bertz CT molecular complexity index is 4020. The van der Waals surface area contributed by atoms with Crippen molar-refractivity contribution in [2.24, 2.45) is 0 Å². The van der Waals surface area contributed by atoms with E-state index in [1.165, 1.54) is 88.5 Å². The van der Waals surface area contributed by atoms with Crippen molar-refractivity contribution >= 4 is 38.3 Å². The highest BCUT2D eigenvalue weighted by Gasteiger charge is 2.36. The molecule has 0 unspecified atom stereocenters. The molecular weight excluding hydrogens is 861 g/mol. The molecule has 9 aromatic carbocycles. The monoisotopic (exact) mass is 908 g/mol. The first-order chi connectivity index (χ1) is 35.0. The molecule has 0 radical (unpaired) electrons. The smallest absolute Gasteiger partial charge is 0.160 e. The van der Waals surface area contributed by atoms with Crippen molar-refractivity contribution in [2.45, 2.75) is 32.1 Å². The summed E-state index contributed by atoms with van der Waals surface area (Å²) in [6.45, 7) is 4.74. The van der Waals surface area contributed by atoms with E-state index in [2.05, 4.69) is 241 Å². The summed E-state index contributed by atoms with van der Waals surface area (Å²) in [5.74, 6) is 0.709. The van der Waals surface area contributed by atoms with Gasteiger partial charge in [0.05, 0.1) is 33.6 Å². The number of benzene rings is 9. The fourth-order valence-corrected chi connectivity index (χ4v) is 11.8. The maximum Gasteiger partial charge on any atom is 0.160 e. The molecule has 336 valence electrons. The molecule has 0 saturated carbocycles. The maximum atomic E-state index is 5.14. The highest BCUT2D eigenvalue weighted by molar-refractivity contribution is 6.12. The highest BCUT2D eigenvalue weighted by atomic mass is 15.0.